The van der Waals surface area contributed by atoms with Crippen LogP contribution < -0.4 is 0 Å². The topological polar surface area (TPSA) is 172 Å². The maximum atomic E-state index is 12.6. The summed E-state index contributed by atoms with van der Waals surface area (Å²) in [6.07, 6.45) is -8.56. The molecule has 2 aliphatic heterocycles. The zero-order chi connectivity index (χ0) is 24.5. The Morgan fingerprint density at radius 1 is 1.15 bits per heavy atom. The van der Waals surface area contributed by atoms with Crippen molar-refractivity contribution in [2.45, 2.75) is 68.0 Å². The van der Waals surface area contributed by atoms with Crippen LogP contribution in [-0.2, 0) is 23.7 Å². The summed E-state index contributed by atoms with van der Waals surface area (Å²) in [5, 5.41) is 51.7. The molecular formula is C23H28O11. The Bertz CT molecular complexity index is 969. The molecule has 0 amide bonds. The van der Waals surface area contributed by atoms with Gasteiger partial charge in [-0.25, -0.2) is 4.79 Å². The summed E-state index contributed by atoms with van der Waals surface area (Å²) >= 11 is 0. The average Bonchev–Trinajstić information content (AvgIpc) is 3.10. The van der Waals surface area contributed by atoms with E-state index in [-0.39, 0.29) is 25.2 Å². The minimum absolute atomic E-state index is 0.0104. The molecule has 4 aliphatic rings. The molecule has 34 heavy (non-hydrogen) atoms. The van der Waals surface area contributed by atoms with Crippen molar-refractivity contribution in [2.24, 2.45) is 11.3 Å². The van der Waals surface area contributed by atoms with Gasteiger partial charge < -0.3 is 44.5 Å². The molecule has 1 aromatic rings. The van der Waals surface area contributed by atoms with E-state index in [9.17, 15) is 35.1 Å². The Hall–Kier alpha value is -1.96. The number of aliphatic hydroxyl groups is 5. The molecule has 0 spiro atoms. The molecule has 10 atom stereocenters. The zero-order valence-corrected chi connectivity index (χ0v) is 18.4. The van der Waals surface area contributed by atoms with E-state index in [0.717, 1.165) is 0 Å². The predicted octanol–water partition coefficient (Wildman–Crippen LogP) is -1.51. The van der Waals surface area contributed by atoms with Crippen LogP contribution in [0, 0.1) is 11.3 Å². The van der Waals surface area contributed by atoms with Gasteiger partial charge in [-0.05, 0) is 25.5 Å². The largest absolute Gasteiger partial charge is 0.461 e. The zero-order valence-electron chi connectivity index (χ0n) is 18.4. The van der Waals surface area contributed by atoms with Crippen LogP contribution in [0.2, 0.25) is 0 Å². The summed E-state index contributed by atoms with van der Waals surface area (Å²) in [6, 6.07) is 8.30. The summed E-state index contributed by atoms with van der Waals surface area (Å²) in [5.74, 6) is -3.13. The summed E-state index contributed by atoms with van der Waals surface area (Å²) in [7, 11) is 0. The Balaban J connectivity index is 1.39. The lowest BCUT2D eigenvalue weighted by atomic mass is 9.49. The lowest BCUT2D eigenvalue weighted by Gasteiger charge is -2.58. The van der Waals surface area contributed by atoms with E-state index in [1.807, 2.05) is 0 Å². The average molecular weight is 480 g/mol. The molecular weight excluding hydrogens is 452 g/mol. The van der Waals surface area contributed by atoms with Gasteiger partial charge in [0.15, 0.2) is 12.1 Å². The van der Waals surface area contributed by atoms with Crippen molar-refractivity contribution < 1.29 is 54.1 Å². The van der Waals surface area contributed by atoms with Crippen LogP contribution in [0.25, 0.3) is 0 Å². The molecule has 0 bridgehead atoms. The fourth-order valence-corrected chi connectivity index (χ4v) is 6.01. The Labute approximate surface area is 194 Å². The van der Waals surface area contributed by atoms with Gasteiger partial charge in [0, 0.05) is 12.3 Å². The van der Waals surface area contributed by atoms with Crippen LogP contribution in [0.1, 0.15) is 30.1 Å². The van der Waals surface area contributed by atoms with E-state index in [1.165, 1.54) is 6.92 Å². The predicted molar refractivity (Wildman–Crippen MR) is 110 cm³/mol. The number of hydrogen-bond donors (Lipinski definition) is 5. The molecule has 1 aromatic carbocycles. The lowest BCUT2D eigenvalue weighted by molar-refractivity contribution is -0.397. The minimum Gasteiger partial charge on any atom is -0.461 e. The third-order valence-corrected chi connectivity index (χ3v) is 8.00. The molecule has 0 aromatic heterocycles. The van der Waals surface area contributed by atoms with Gasteiger partial charge in [-0.3, -0.25) is 4.79 Å². The van der Waals surface area contributed by atoms with Crippen LogP contribution in [0.5, 0.6) is 0 Å². The highest BCUT2D eigenvalue weighted by Gasteiger charge is 2.86. The summed E-state index contributed by atoms with van der Waals surface area (Å²) in [5.41, 5.74) is -2.71. The third-order valence-electron chi connectivity index (χ3n) is 8.00. The van der Waals surface area contributed by atoms with Gasteiger partial charge in [0.1, 0.15) is 42.4 Å². The molecule has 0 radical (unpaired) electrons. The number of hydrogen-bond acceptors (Lipinski definition) is 11. The van der Waals surface area contributed by atoms with Crippen molar-refractivity contribution >= 4 is 11.8 Å². The van der Waals surface area contributed by atoms with Gasteiger partial charge in [-0.1, -0.05) is 18.2 Å². The second kappa shape index (κ2) is 8.04. The first-order chi connectivity index (χ1) is 16.1. The number of Topliss-reactive ketones (excluding diaryl/α,β-unsaturated/α-hetero) is 1. The Kier molecular flexibility index (Phi) is 5.62. The molecule has 2 heterocycles. The van der Waals surface area contributed by atoms with Crippen LogP contribution in [-0.4, -0.2) is 98.7 Å². The first-order valence-electron chi connectivity index (χ1n) is 11.2. The SMILES string of the molecule is C[C@]1(O[C@H]2O[C@H](CO)[C@H](O)[C@@H](O)[C@H]2O)O[C@H]2CC(=O)[C@H]3C[C@]1(O)[C@]23COC(=O)c1ccccc1. The molecule has 2 saturated heterocycles. The van der Waals surface area contributed by atoms with Crippen molar-refractivity contribution in [1.82, 2.24) is 0 Å². The number of rotatable bonds is 6. The second-order valence-corrected chi connectivity index (χ2v) is 9.64. The second-order valence-electron chi connectivity index (χ2n) is 9.64. The van der Waals surface area contributed by atoms with Crippen molar-refractivity contribution in [1.29, 1.82) is 0 Å². The summed E-state index contributed by atoms with van der Waals surface area (Å²) in [6.45, 7) is 0.491. The van der Waals surface area contributed by atoms with E-state index < -0.39 is 72.1 Å². The highest BCUT2D eigenvalue weighted by molar-refractivity contribution is 5.90. The van der Waals surface area contributed by atoms with E-state index in [1.54, 1.807) is 30.3 Å². The van der Waals surface area contributed by atoms with Gasteiger partial charge in [0.05, 0.1) is 23.7 Å². The number of ketones is 1. The molecule has 5 rings (SSSR count). The van der Waals surface area contributed by atoms with Gasteiger partial charge in [-0.2, -0.15) is 0 Å². The fourth-order valence-electron chi connectivity index (χ4n) is 6.01. The van der Waals surface area contributed by atoms with E-state index in [2.05, 4.69) is 0 Å². The van der Waals surface area contributed by atoms with Gasteiger partial charge in [-0.15, -0.1) is 0 Å². The van der Waals surface area contributed by atoms with Crippen LogP contribution in [0.3, 0.4) is 0 Å². The van der Waals surface area contributed by atoms with Crippen molar-refractivity contribution in [2.75, 3.05) is 13.2 Å². The highest BCUT2D eigenvalue weighted by Crippen LogP contribution is 2.72. The number of benzene rings is 1. The first kappa shape index (κ1) is 23.8. The number of carbonyl (C=O) groups excluding carboxylic acids is 2. The molecule has 11 heteroatoms. The molecule has 0 unspecified atom stereocenters. The highest BCUT2D eigenvalue weighted by atomic mass is 16.8. The summed E-state index contributed by atoms with van der Waals surface area (Å²) in [4.78, 5) is 25.1. The molecule has 2 saturated carbocycles. The fraction of sp³-hybridized carbons (Fsp3) is 0.652. The minimum atomic E-state index is -1.80. The van der Waals surface area contributed by atoms with E-state index >= 15 is 0 Å². The van der Waals surface area contributed by atoms with E-state index in [0.29, 0.717) is 5.56 Å². The van der Waals surface area contributed by atoms with E-state index in [4.69, 9.17) is 18.9 Å². The quantitative estimate of drug-likeness (QED) is 0.300. The maximum Gasteiger partial charge on any atom is 0.338 e. The van der Waals surface area contributed by atoms with Crippen LogP contribution in [0.4, 0.5) is 0 Å². The van der Waals surface area contributed by atoms with Gasteiger partial charge in [0.25, 0.3) is 0 Å². The van der Waals surface area contributed by atoms with Gasteiger partial charge >= 0.3 is 5.97 Å². The van der Waals surface area contributed by atoms with Crippen molar-refractivity contribution in [3.63, 3.8) is 0 Å². The number of aliphatic hydroxyl groups excluding tert-OH is 4. The number of carbonyl (C=O) groups is 2. The van der Waals surface area contributed by atoms with Crippen LogP contribution in [0.15, 0.2) is 30.3 Å². The van der Waals surface area contributed by atoms with Crippen LogP contribution >= 0.6 is 0 Å². The van der Waals surface area contributed by atoms with Crippen molar-refractivity contribution in [3.05, 3.63) is 35.9 Å². The maximum absolute atomic E-state index is 12.6. The molecule has 2 aliphatic carbocycles. The molecule has 4 fully saturated rings. The van der Waals surface area contributed by atoms with Gasteiger partial charge in [0.2, 0.25) is 0 Å². The molecule has 186 valence electrons. The third kappa shape index (κ3) is 3.06. The summed E-state index contributed by atoms with van der Waals surface area (Å²) < 4.78 is 22.9. The Morgan fingerprint density at radius 3 is 2.53 bits per heavy atom. The standard InChI is InChI=1S/C23H28O11/c1-21(34-20-18(28)17(27)16(26)14(9-24)32-20)23(30)8-12-13(25)7-15(33-21)22(12,23)10-31-19(29)11-5-3-2-4-6-11/h2-6,12,14-18,20,24,26-28,30H,7-10H2,1H3/t12-,14-,15+,16+,17-,18-,20-,21-,22+,23-/m1/s1. The first-order valence-corrected chi connectivity index (χ1v) is 11.2. The molecule has 11 nitrogen and oxygen atoms in total. The smallest absolute Gasteiger partial charge is 0.338 e. The normalized spacial score (nSPS) is 47.2. The monoisotopic (exact) mass is 480 g/mol. The number of ether oxygens (including phenoxy) is 4. The number of esters is 1. The Morgan fingerprint density at radius 2 is 1.85 bits per heavy atom. The lowest BCUT2D eigenvalue weighted by Crippen LogP contribution is -2.73. The molecule has 5 N–H and O–H groups in total. The van der Waals surface area contributed by atoms with Crippen molar-refractivity contribution in [3.8, 4) is 0 Å².